The van der Waals surface area contributed by atoms with E-state index in [0.717, 1.165) is 44.5 Å². The molecule has 298 valence electrons. The van der Waals surface area contributed by atoms with Gasteiger partial charge in [0.15, 0.2) is 0 Å². The molecule has 0 saturated heterocycles. The van der Waals surface area contributed by atoms with Crippen LogP contribution in [0.3, 0.4) is 0 Å². The van der Waals surface area contributed by atoms with Crippen molar-refractivity contribution in [3.8, 4) is 51.0 Å². The van der Waals surface area contributed by atoms with Crippen LogP contribution in [-0.2, 0) is 0 Å². The quantitative estimate of drug-likeness (QED) is 0.136. The molecule has 0 amide bonds. The van der Waals surface area contributed by atoms with Gasteiger partial charge in [0.25, 0.3) is 0 Å². The summed E-state index contributed by atoms with van der Waals surface area (Å²) in [5.41, 5.74) is 9.48. The van der Waals surface area contributed by atoms with Crippen molar-refractivity contribution in [1.82, 2.24) is 19.5 Å². The van der Waals surface area contributed by atoms with Crippen molar-refractivity contribution in [2.24, 2.45) is 0 Å². The fraction of sp³-hybridized carbons (Fsp3) is 0.0172. The Balaban J connectivity index is 1.19. The summed E-state index contributed by atoms with van der Waals surface area (Å²) >= 11 is -3.56. The summed E-state index contributed by atoms with van der Waals surface area (Å²) in [6.45, 7) is 2.16. The van der Waals surface area contributed by atoms with Crippen LogP contribution in [0.4, 0.5) is 0 Å². The van der Waals surface area contributed by atoms with Gasteiger partial charge in [-0.1, -0.05) is 12.1 Å². The Bertz CT molecular complexity index is 3230. The zero-order valence-corrected chi connectivity index (χ0v) is 36.9. The Morgan fingerprint density at radius 3 is 1.38 bits per heavy atom. The van der Waals surface area contributed by atoms with Gasteiger partial charge in [0.1, 0.15) is 0 Å². The number of rotatable bonds is 9. The van der Waals surface area contributed by atoms with Crippen molar-refractivity contribution in [2.45, 2.75) is 6.92 Å². The third-order valence-electron chi connectivity index (χ3n) is 12.3. The SMILES string of the molecule is Cc1ccc2c(c1)c1ccccc1n2-c1ccc(-c2ccc[c]([Ge]([c]3ccccc3)([c]3ccccc3)[c]3ccccc3)c2)cc1-c1nc(-c2ccccc2)nc(-c2ccccc2)n1. The molecule has 0 N–H and O–H groups in total. The topological polar surface area (TPSA) is 43.6 Å². The van der Waals surface area contributed by atoms with Gasteiger partial charge in [-0.2, -0.15) is 0 Å². The maximum absolute atomic E-state index is 5.33. The van der Waals surface area contributed by atoms with Crippen molar-refractivity contribution in [3.05, 3.63) is 242 Å². The fourth-order valence-corrected chi connectivity index (χ4v) is 19.4. The molecule has 0 aliphatic heterocycles. The van der Waals surface area contributed by atoms with E-state index in [4.69, 9.17) is 15.0 Å². The number of hydrogen-bond donors (Lipinski definition) is 0. The van der Waals surface area contributed by atoms with Crippen molar-refractivity contribution < 1.29 is 0 Å². The molecule has 11 rings (SSSR count). The van der Waals surface area contributed by atoms with E-state index in [2.05, 4.69) is 212 Å². The molecule has 5 heteroatoms. The molecule has 11 aromatic rings. The number of fused-ring (bicyclic) bond motifs is 3. The minimum atomic E-state index is -3.56. The van der Waals surface area contributed by atoms with E-state index in [9.17, 15) is 0 Å². The summed E-state index contributed by atoms with van der Waals surface area (Å²) in [5.74, 6) is 1.86. The van der Waals surface area contributed by atoms with Gasteiger partial charge in [-0.15, -0.1) is 0 Å². The number of benzene rings is 9. The van der Waals surface area contributed by atoms with Gasteiger partial charge in [-0.3, -0.25) is 0 Å². The zero-order chi connectivity index (χ0) is 42.2. The van der Waals surface area contributed by atoms with Crippen molar-refractivity contribution in [2.75, 3.05) is 0 Å². The second kappa shape index (κ2) is 16.3. The summed E-state index contributed by atoms with van der Waals surface area (Å²) in [6, 6.07) is 85.5. The Labute approximate surface area is 370 Å². The molecule has 0 bridgehead atoms. The van der Waals surface area contributed by atoms with Crippen LogP contribution in [-0.4, -0.2) is 32.8 Å². The van der Waals surface area contributed by atoms with Gasteiger partial charge in [-0.25, -0.2) is 0 Å². The molecule has 0 aliphatic rings. The Kier molecular flexibility index (Phi) is 9.91. The van der Waals surface area contributed by atoms with E-state index in [1.54, 1.807) is 0 Å². The molecule has 0 atom stereocenters. The van der Waals surface area contributed by atoms with Gasteiger partial charge >= 0.3 is 353 Å². The van der Waals surface area contributed by atoms with Gasteiger partial charge in [0.2, 0.25) is 0 Å². The molecule has 0 saturated carbocycles. The predicted molar refractivity (Wildman–Crippen MR) is 264 cm³/mol. The fourth-order valence-electron chi connectivity index (χ4n) is 9.36. The van der Waals surface area contributed by atoms with E-state index < -0.39 is 13.3 Å². The summed E-state index contributed by atoms with van der Waals surface area (Å²) in [5, 5.41) is 2.42. The van der Waals surface area contributed by atoms with E-state index in [1.807, 2.05) is 36.4 Å². The standard InChI is InChI=1S/C58H42GeN4/c1-41-34-36-54-51(38-41)50-32-17-18-33-53(50)63(54)55-37-35-45(40-52(55)58-61-56(42-20-7-2-8-21-42)60-57(62-58)43-22-9-3-10-23-43)44-24-19-31-49(39-44)59(46-25-11-4-12-26-46,47-27-13-5-14-28-47)48-29-15-6-16-30-48/h2-40H,1H3. The first kappa shape index (κ1) is 38.3. The predicted octanol–water partition coefficient (Wildman–Crippen LogP) is 11.3. The molecule has 2 heterocycles. The number of aryl methyl sites for hydroxylation is 1. The first-order valence-electron chi connectivity index (χ1n) is 21.4. The molecule has 0 aliphatic carbocycles. The number of para-hydroxylation sites is 1. The molecular weight excluding hydrogens is 825 g/mol. The second-order valence-electron chi connectivity index (χ2n) is 16.1. The molecule has 0 unspecified atom stereocenters. The Morgan fingerprint density at radius 2 is 0.794 bits per heavy atom. The molecule has 0 radical (unpaired) electrons. The van der Waals surface area contributed by atoms with E-state index in [1.165, 1.54) is 33.9 Å². The van der Waals surface area contributed by atoms with E-state index >= 15 is 0 Å². The van der Waals surface area contributed by atoms with Crippen LogP contribution in [0.15, 0.2) is 237 Å². The molecule has 9 aromatic carbocycles. The Hall–Kier alpha value is -7.67. The van der Waals surface area contributed by atoms with Gasteiger partial charge in [0.05, 0.1) is 0 Å². The molecule has 0 fully saturated rings. The average molecular weight is 868 g/mol. The third kappa shape index (κ3) is 6.86. The Morgan fingerprint density at radius 1 is 0.333 bits per heavy atom. The minimum absolute atomic E-state index is 0.610. The van der Waals surface area contributed by atoms with Gasteiger partial charge in [0, 0.05) is 0 Å². The second-order valence-corrected chi connectivity index (χ2v) is 24.1. The van der Waals surface area contributed by atoms with Crippen LogP contribution in [0.1, 0.15) is 5.56 Å². The van der Waals surface area contributed by atoms with E-state index in [-0.39, 0.29) is 0 Å². The monoisotopic (exact) mass is 868 g/mol. The van der Waals surface area contributed by atoms with Crippen LogP contribution in [0.25, 0.3) is 72.8 Å². The van der Waals surface area contributed by atoms with Crippen LogP contribution in [0.5, 0.6) is 0 Å². The number of nitrogens with zero attached hydrogens (tertiary/aromatic N) is 4. The van der Waals surface area contributed by atoms with Crippen LogP contribution in [0.2, 0.25) is 0 Å². The normalized spacial score (nSPS) is 11.6. The summed E-state index contributed by atoms with van der Waals surface area (Å²) in [6.07, 6.45) is 0. The molecule has 4 nitrogen and oxygen atoms in total. The van der Waals surface area contributed by atoms with Gasteiger partial charge < -0.3 is 0 Å². The zero-order valence-electron chi connectivity index (χ0n) is 34.8. The van der Waals surface area contributed by atoms with Crippen molar-refractivity contribution in [3.63, 3.8) is 0 Å². The number of aromatic nitrogens is 4. The summed E-state index contributed by atoms with van der Waals surface area (Å²) in [7, 11) is 0. The molecule has 0 spiro atoms. The summed E-state index contributed by atoms with van der Waals surface area (Å²) < 4.78 is 7.90. The molecule has 63 heavy (non-hydrogen) atoms. The average Bonchev–Trinajstić information content (AvgIpc) is 3.68. The van der Waals surface area contributed by atoms with Crippen LogP contribution >= 0.6 is 0 Å². The molecular formula is C58H42GeN4. The van der Waals surface area contributed by atoms with Crippen LogP contribution in [0, 0.1) is 6.92 Å². The third-order valence-corrected chi connectivity index (χ3v) is 22.3. The van der Waals surface area contributed by atoms with Crippen LogP contribution < -0.4 is 17.6 Å². The first-order valence-corrected chi connectivity index (χ1v) is 25.6. The maximum atomic E-state index is 5.33. The first-order chi connectivity index (χ1) is 31.1. The van der Waals surface area contributed by atoms with Crippen molar-refractivity contribution in [1.29, 1.82) is 0 Å². The molecule has 2 aromatic heterocycles. The summed E-state index contributed by atoms with van der Waals surface area (Å²) in [4.78, 5) is 15.7. The van der Waals surface area contributed by atoms with Gasteiger partial charge in [-0.05, 0) is 6.92 Å². The van der Waals surface area contributed by atoms with E-state index in [0.29, 0.717) is 17.5 Å². The number of hydrogen-bond acceptors (Lipinski definition) is 3. The van der Waals surface area contributed by atoms with Crippen molar-refractivity contribution >= 4 is 52.7 Å².